The van der Waals surface area contributed by atoms with E-state index in [1.54, 1.807) is 6.92 Å². The largest absolute Gasteiger partial charge is 0.445 e. The highest BCUT2D eigenvalue weighted by atomic mass is 16.5. The van der Waals surface area contributed by atoms with Gasteiger partial charge in [-0.1, -0.05) is 37.3 Å². The molecule has 2 unspecified atom stereocenters. The molecular formula is C13H19NO3. The molecule has 0 aliphatic heterocycles. The Balaban J connectivity index is 2.31. The second-order valence-electron chi connectivity index (χ2n) is 3.97. The van der Waals surface area contributed by atoms with Crippen molar-refractivity contribution in [2.75, 3.05) is 0 Å². The summed E-state index contributed by atoms with van der Waals surface area (Å²) < 4.78 is 5.03. The Morgan fingerprint density at radius 3 is 2.65 bits per heavy atom. The van der Waals surface area contributed by atoms with Gasteiger partial charge in [0.05, 0.1) is 12.1 Å². The van der Waals surface area contributed by atoms with Gasteiger partial charge in [-0.2, -0.15) is 0 Å². The van der Waals surface area contributed by atoms with Crippen molar-refractivity contribution in [2.45, 2.75) is 39.0 Å². The molecule has 0 spiro atoms. The van der Waals surface area contributed by atoms with Crippen LogP contribution in [0.15, 0.2) is 30.3 Å². The summed E-state index contributed by atoms with van der Waals surface area (Å²) in [6.45, 7) is 3.84. The number of carbonyl (C=O) groups is 1. The molecule has 0 heterocycles. The molecule has 0 aliphatic rings. The molecule has 0 aliphatic carbocycles. The molecule has 1 rings (SSSR count). The average molecular weight is 237 g/mol. The van der Waals surface area contributed by atoms with Gasteiger partial charge in [-0.25, -0.2) is 4.79 Å². The Hall–Kier alpha value is -1.55. The first kappa shape index (κ1) is 13.5. The van der Waals surface area contributed by atoms with Crippen LogP contribution in [0.2, 0.25) is 0 Å². The van der Waals surface area contributed by atoms with E-state index in [0.29, 0.717) is 6.42 Å². The Morgan fingerprint density at radius 1 is 1.41 bits per heavy atom. The van der Waals surface area contributed by atoms with Crippen LogP contribution in [0.5, 0.6) is 0 Å². The average Bonchev–Trinajstić information content (AvgIpc) is 2.36. The molecule has 0 aromatic heterocycles. The summed E-state index contributed by atoms with van der Waals surface area (Å²) in [4.78, 5) is 11.4. The van der Waals surface area contributed by atoms with Crippen LogP contribution in [0.1, 0.15) is 25.8 Å². The number of ether oxygens (including phenoxy) is 1. The molecule has 0 radical (unpaired) electrons. The quantitative estimate of drug-likeness (QED) is 0.824. The molecule has 0 bridgehead atoms. The minimum absolute atomic E-state index is 0.238. The van der Waals surface area contributed by atoms with Crippen LogP contribution in [-0.4, -0.2) is 23.3 Å². The topological polar surface area (TPSA) is 58.6 Å². The first-order chi connectivity index (χ1) is 8.13. The maximum atomic E-state index is 11.4. The van der Waals surface area contributed by atoms with E-state index in [0.717, 1.165) is 5.56 Å². The zero-order valence-electron chi connectivity index (χ0n) is 10.2. The predicted molar refractivity (Wildman–Crippen MR) is 65.5 cm³/mol. The molecule has 4 nitrogen and oxygen atoms in total. The fraction of sp³-hybridized carbons (Fsp3) is 0.462. The summed E-state index contributed by atoms with van der Waals surface area (Å²) in [5, 5.41) is 12.1. The van der Waals surface area contributed by atoms with Crippen molar-refractivity contribution in [2.24, 2.45) is 0 Å². The predicted octanol–water partition coefficient (Wildman–Crippen LogP) is 2.07. The molecule has 0 saturated heterocycles. The minimum atomic E-state index is -0.542. The second kappa shape index (κ2) is 6.91. The lowest BCUT2D eigenvalue weighted by Crippen LogP contribution is -2.41. The van der Waals surface area contributed by atoms with Crippen LogP contribution in [0.3, 0.4) is 0 Å². The highest BCUT2D eigenvalue weighted by molar-refractivity contribution is 5.67. The van der Waals surface area contributed by atoms with Crippen LogP contribution in [0.25, 0.3) is 0 Å². The van der Waals surface area contributed by atoms with Crippen LogP contribution in [0, 0.1) is 0 Å². The van der Waals surface area contributed by atoms with Crippen LogP contribution < -0.4 is 5.32 Å². The lowest BCUT2D eigenvalue weighted by Gasteiger charge is -2.18. The monoisotopic (exact) mass is 237 g/mol. The van der Waals surface area contributed by atoms with E-state index in [2.05, 4.69) is 5.32 Å². The number of aliphatic hydroxyl groups excluding tert-OH is 1. The molecule has 0 saturated carbocycles. The third-order valence-corrected chi connectivity index (χ3v) is 2.55. The number of rotatable bonds is 5. The third kappa shape index (κ3) is 4.87. The fourth-order valence-corrected chi connectivity index (χ4v) is 1.40. The van der Waals surface area contributed by atoms with E-state index in [1.807, 2.05) is 37.3 Å². The van der Waals surface area contributed by atoms with Crippen molar-refractivity contribution in [3.8, 4) is 0 Å². The van der Waals surface area contributed by atoms with Crippen molar-refractivity contribution < 1.29 is 14.6 Å². The maximum Gasteiger partial charge on any atom is 0.407 e. The number of alkyl carbamates (subject to hydrolysis) is 1. The number of hydrogen-bond donors (Lipinski definition) is 2. The van der Waals surface area contributed by atoms with Gasteiger partial charge in [0.1, 0.15) is 6.61 Å². The Morgan fingerprint density at radius 2 is 2.06 bits per heavy atom. The molecule has 1 aromatic carbocycles. The molecule has 2 N–H and O–H groups in total. The van der Waals surface area contributed by atoms with Crippen LogP contribution in [-0.2, 0) is 11.3 Å². The van der Waals surface area contributed by atoms with E-state index in [9.17, 15) is 9.90 Å². The maximum absolute atomic E-state index is 11.4. The number of hydrogen-bond acceptors (Lipinski definition) is 3. The van der Waals surface area contributed by atoms with Gasteiger partial charge in [0.15, 0.2) is 0 Å². The summed E-state index contributed by atoms with van der Waals surface area (Å²) in [6, 6.07) is 9.15. The standard InChI is InChI=1S/C13H19NO3/c1-3-12(15)10(2)14-13(16)17-9-11-7-5-4-6-8-11/h4-8,10,12,15H,3,9H2,1-2H3,(H,14,16). The van der Waals surface area contributed by atoms with Gasteiger partial charge in [-0.3, -0.25) is 0 Å². The highest BCUT2D eigenvalue weighted by Gasteiger charge is 2.15. The number of aliphatic hydroxyl groups is 1. The highest BCUT2D eigenvalue weighted by Crippen LogP contribution is 2.02. The molecule has 94 valence electrons. The summed E-state index contributed by atoms with van der Waals surface area (Å²) in [5.41, 5.74) is 0.936. The van der Waals surface area contributed by atoms with E-state index in [1.165, 1.54) is 0 Å². The molecule has 1 amide bonds. The zero-order valence-corrected chi connectivity index (χ0v) is 10.2. The van der Waals surface area contributed by atoms with Crippen molar-refractivity contribution in [3.63, 3.8) is 0 Å². The first-order valence-electron chi connectivity index (χ1n) is 5.78. The van der Waals surface area contributed by atoms with E-state index in [4.69, 9.17) is 4.74 Å². The van der Waals surface area contributed by atoms with Gasteiger partial charge in [0.25, 0.3) is 0 Å². The summed E-state index contributed by atoms with van der Waals surface area (Å²) in [7, 11) is 0. The van der Waals surface area contributed by atoms with Gasteiger partial charge in [0, 0.05) is 0 Å². The normalized spacial score (nSPS) is 13.8. The lowest BCUT2D eigenvalue weighted by molar-refractivity contribution is 0.104. The summed E-state index contributed by atoms with van der Waals surface area (Å²) in [5.74, 6) is 0. The first-order valence-corrected chi connectivity index (χ1v) is 5.78. The van der Waals surface area contributed by atoms with Gasteiger partial charge in [-0.05, 0) is 18.9 Å². The Kier molecular flexibility index (Phi) is 5.49. The van der Waals surface area contributed by atoms with E-state index in [-0.39, 0.29) is 12.6 Å². The SMILES string of the molecule is CCC(O)C(C)NC(=O)OCc1ccccc1. The number of nitrogens with one attached hydrogen (secondary N) is 1. The van der Waals surface area contributed by atoms with Gasteiger partial charge >= 0.3 is 6.09 Å². The zero-order chi connectivity index (χ0) is 12.7. The molecule has 1 aromatic rings. The molecular weight excluding hydrogens is 218 g/mol. The van der Waals surface area contributed by atoms with Crippen molar-refractivity contribution in [1.29, 1.82) is 0 Å². The van der Waals surface area contributed by atoms with Gasteiger partial charge in [0.2, 0.25) is 0 Å². The molecule has 17 heavy (non-hydrogen) atoms. The molecule has 0 fully saturated rings. The smallest absolute Gasteiger partial charge is 0.407 e. The lowest BCUT2D eigenvalue weighted by atomic mass is 10.1. The van der Waals surface area contributed by atoms with Crippen molar-refractivity contribution >= 4 is 6.09 Å². The summed E-state index contributed by atoms with van der Waals surface area (Å²) in [6.07, 6.45) is -0.451. The fourth-order valence-electron chi connectivity index (χ4n) is 1.40. The minimum Gasteiger partial charge on any atom is -0.445 e. The van der Waals surface area contributed by atoms with Crippen LogP contribution in [0.4, 0.5) is 4.79 Å². The van der Waals surface area contributed by atoms with Crippen molar-refractivity contribution in [3.05, 3.63) is 35.9 Å². The third-order valence-electron chi connectivity index (χ3n) is 2.55. The van der Waals surface area contributed by atoms with Crippen LogP contribution >= 0.6 is 0 Å². The Labute approximate surface area is 102 Å². The van der Waals surface area contributed by atoms with Crippen molar-refractivity contribution in [1.82, 2.24) is 5.32 Å². The number of benzene rings is 1. The van der Waals surface area contributed by atoms with Gasteiger partial charge in [-0.15, -0.1) is 0 Å². The number of amides is 1. The van der Waals surface area contributed by atoms with E-state index >= 15 is 0 Å². The molecule has 4 heteroatoms. The molecule has 2 atom stereocenters. The van der Waals surface area contributed by atoms with Gasteiger partial charge < -0.3 is 15.2 Å². The second-order valence-corrected chi connectivity index (χ2v) is 3.97. The Bertz CT molecular complexity index is 340. The summed E-state index contributed by atoms with van der Waals surface area (Å²) >= 11 is 0. The number of carbonyl (C=O) groups excluding carboxylic acids is 1. The van der Waals surface area contributed by atoms with E-state index < -0.39 is 12.2 Å².